The third-order valence-corrected chi connectivity index (χ3v) is 14.0. The van der Waals surface area contributed by atoms with E-state index < -0.39 is 0 Å². The summed E-state index contributed by atoms with van der Waals surface area (Å²) in [5.74, 6) is 5.07. The van der Waals surface area contributed by atoms with E-state index in [0.29, 0.717) is 47.3 Å². The molecule has 0 saturated carbocycles. The lowest BCUT2D eigenvalue weighted by Crippen LogP contribution is -2.34. The molecule has 0 aromatic heterocycles. The highest BCUT2D eigenvalue weighted by Crippen LogP contribution is 2.58. The molecule has 0 N–H and O–H groups in total. The molecular weight excluding hydrogens is 801 g/mol. The summed E-state index contributed by atoms with van der Waals surface area (Å²) in [6.45, 7) is 37.3. The maximum atomic E-state index is 2.61. The second-order valence-electron chi connectivity index (χ2n) is 21.6. The summed E-state index contributed by atoms with van der Waals surface area (Å²) in [4.78, 5) is 10.4. The highest BCUT2D eigenvalue weighted by molar-refractivity contribution is 6.00. The van der Waals surface area contributed by atoms with Crippen molar-refractivity contribution in [2.45, 2.75) is 158 Å². The van der Waals surface area contributed by atoms with E-state index in [0.717, 1.165) is 11.6 Å². The fourth-order valence-electron chi connectivity index (χ4n) is 9.61. The molecule has 6 aromatic carbocycles. The van der Waals surface area contributed by atoms with Gasteiger partial charge >= 0.3 is 0 Å². The Labute approximate surface area is 399 Å². The molecule has 66 heavy (non-hydrogen) atoms. The Morgan fingerprint density at radius 2 is 0.379 bits per heavy atom. The average Bonchev–Trinajstić information content (AvgIpc) is 3.81. The van der Waals surface area contributed by atoms with Gasteiger partial charge in [0.05, 0.1) is 22.7 Å². The molecule has 0 bridgehead atoms. The van der Waals surface area contributed by atoms with Crippen molar-refractivity contribution in [3.63, 3.8) is 0 Å². The molecule has 0 amide bonds. The summed E-state index contributed by atoms with van der Waals surface area (Å²) in [5.41, 5.74) is 20.2. The van der Waals surface area contributed by atoms with Crippen LogP contribution in [0.5, 0.6) is 0 Å². The number of hydrogen-bond donors (Lipinski definition) is 0. The summed E-state index contributed by atoms with van der Waals surface area (Å²) in [6.07, 6.45) is 0. The van der Waals surface area contributed by atoms with Gasteiger partial charge in [0.25, 0.3) is 0 Å². The van der Waals surface area contributed by atoms with Crippen LogP contribution in [0.15, 0.2) is 133 Å². The van der Waals surface area contributed by atoms with Crippen LogP contribution in [0, 0.1) is 0 Å². The van der Waals surface area contributed by atoms with E-state index in [1.54, 1.807) is 0 Å². The van der Waals surface area contributed by atoms with Gasteiger partial charge < -0.3 is 0 Å². The van der Waals surface area contributed by atoms with Gasteiger partial charge in [-0.25, -0.2) is 0 Å². The number of nitrogens with zero attached hydrogens (tertiary/aromatic N) is 4. The first-order valence-corrected chi connectivity index (χ1v) is 25.1. The molecule has 344 valence electrons. The molecule has 2 aliphatic rings. The predicted molar refractivity (Wildman–Crippen MR) is 287 cm³/mol. The SMILES string of the molecule is CC(C)c1cc(C(C)C)cc(N2C(=C3N(c4cc(C(C)C)cc(C(C)C)c4)c4ccccc4N3c3cc(C(C)C)cc(C(C)C)c3)N(c3cc(C(C)C)cc(C(C)C)c3)c3ccccc32)c1. The van der Waals surface area contributed by atoms with Crippen LogP contribution in [0.2, 0.25) is 0 Å². The zero-order valence-electron chi connectivity index (χ0n) is 43.0. The number of anilines is 8. The van der Waals surface area contributed by atoms with Gasteiger partial charge in [0, 0.05) is 22.7 Å². The molecule has 0 radical (unpaired) electrons. The highest BCUT2D eigenvalue weighted by atomic mass is 15.5. The molecule has 0 aliphatic carbocycles. The second kappa shape index (κ2) is 18.5. The van der Waals surface area contributed by atoms with Gasteiger partial charge in [0.2, 0.25) is 0 Å². The van der Waals surface area contributed by atoms with Crippen molar-refractivity contribution in [2.75, 3.05) is 19.6 Å². The van der Waals surface area contributed by atoms with Crippen LogP contribution in [0.25, 0.3) is 0 Å². The quantitative estimate of drug-likeness (QED) is 0.121. The van der Waals surface area contributed by atoms with Gasteiger partial charge in [-0.1, -0.05) is 159 Å². The first kappa shape index (κ1) is 46.8. The normalized spacial score (nSPS) is 14.1. The molecule has 0 unspecified atom stereocenters. The maximum absolute atomic E-state index is 2.61. The van der Waals surface area contributed by atoms with E-state index in [1.165, 1.54) is 90.0 Å². The van der Waals surface area contributed by atoms with Crippen LogP contribution in [-0.4, -0.2) is 0 Å². The lowest BCUT2D eigenvalue weighted by Gasteiger charge is -2.35. The number of rotatable bonds is 12. The molecule has 6 aromatic rings. The van der Waals surface area contributed by atoms with Crippen molar-refractivity contribution in [2.24, 2.45) is 0 Å². The standard InChI is InChI=1S/C62H76N4/c1-37(2)45-25-46(38(3)4)30-53(29-45)63-57-21-17-18-22-58(57)64(54-31-47(39(5)6)26-48(32-54)40(7)8)61(63)62-65(55-33-49(41(9)10)27-50(34-55)42(11)12)59-23-19-20-24-60(59)66(62)56-35-51(43(13)14)28-52(36-56)44(15)16/h17-44H,1-16H3. The fraction of sp³-hybridized carbons (Fsp3) is 0.387. The first-order valence-electron chi connectivity index (χ1n) is 25.1. The molecule has 0 saturated heterocycles. The van der Waals surface area contributed by atoms with Crippen LogP contribution in [-0.2, 0) is 0 Å². The zero-order valence-corrected chi connectivity index (χ0v) is 43.0. The van der Waals surface area contributed by atoms with E-state index in [9.17, 15) is 0 Å². The van der Waals surface area contributed by atoms with E-state index >= 15 is 0 Å². The average molecular weight is 877 g/mol. The summed E-state index contributed by atoms with van der Waals surface area (Å²) < 4.78 is 0. The van der Waals surface area contributed by atoms with Crippen LogP contribution in [0.1, 0.15) is 203 Å². The van der Waals surface area contributed by atoms with E-state index in [2.05, 4.69) is 252 Å². The number of fused-ring (bicyclic) bond motifs is 2. The summed E-state index contributed by atoms with van der Waals surface area (Å²) >= 11 is 0. The minimum Gasteiger partial charge on any atom is -0.291 e. The lowest BCUT2D eigenvalue weighted by atomic mass is 9.94. The maximum Gasteiger partial charge on any atom is 0.166 e. The summed E-state index contributed by atoms with van der Waals surface area (Å²) in [7, 11) is 0. The number of benzene rings is 6. The molecule has 0 fully saturated rings. The molecular formula is C62H76N4. The Morgan fingerprint density at radius 1 is 0.227 bits per heavy atom. The molecule has 2 aliphatic heterocycles. The molecule has 2 heterocycles. The molecule has 8 rings (SSSR count). The first-order chi connectivity index (χ1) is 31.3. The minimum absolute atomic E-state index is 0.356. The summed E-state index contributed by atoms with van der Waals surface area (Å²) in [5, 5.41) is 0. The second-order valence-corrected chi connectivity index (χ2v) is 21.6. The van der Waals surface area contributed by atoms with Gasteiger partial charge in [-0.2, -0.15) is 0 Å². The van der Waals surface area contributed by atoms with Gasteiger partial charge in [0.1, 0.15) is 0 Å². The molecule has 4 nitrogen and oxygen atoms in total. The van der Waals surface area contributed by atoms with Crippen molar-refractivity contribution >= 4 is 45.5 Å². The van der Waals surface area contributed by atoms with Crippen molar-refractivity contribution < 1.29 is 0 Å². The van der Waals surface area contributed by atoms with Gasteiger partial charge in [-0.05, 0) is 165 Å². The van der Waals surface area contributed by atoms with E-state index in [-0.39, 0.29) is 0 Å². The van der Waals surface area contributed by atoms with Crippen LogP contribution in [0.4, 0.5) is 45.5 Å². The van der Waals surface area contributed by atoms with Gasteiger partial charge in [-0.3, -0.25) is 19.6 Å². The lowest BCUT2D eigenvalue weighted by molar-refractivity contribution is 0.828. The minimum atomic E-state index is 0.356. The van der Waals surface area contributed by atoms with E-state index in [4.69, 9.17) is 0 Å². The Balaban J connectivity index is 1.62. The van der Waals surface area contributed by atoms with Crippen molar-refractivity contribution in [1.82, 2.24) is 0 Å². The van der Waals surface area contributed by atoms with Gasteiger partial charge in [0.15, 0.2) is 11.6 Å². The zero-order chi connectivity index (χ0) is 47.5. The largest absolute Gasteiger partial charge is 0.291 e. The Morgan fingerprint density at radius 3 is 0.515 bits per heavy atom. The van der Waals surface area contributed by atoms with Crippen LogP contribution < -0.4 is 19.6 Å². The smallest absolute Gasteiger partial charge is 0.166 e. The predicted octanol–water partition coefficient (Wildman–Crippen LogP) is 19.1. The Hall–Kier alpha value is -5.74. The monoisotopic (exact) mass is 877 g/mol. The third kappa shape index (κ3) is 8.69. The Kier molecular flexibility index (Phi) is 13.1. The summed E-state index contributed by atoms with van der Waals surface area (Å²) in [6, 6.07) is 47.7. The number of hydrogen-bond acceptors (Lipinski definition) is 4. The Bertz CT molecular complexity index is 2280. The molecule has 4 heteroatoms. The van der Waals surface area contributed by atoms with E-state index in [1.807, 2.05) is 0 Å². The topological polar surface area (TPSA) is 13.0 Å². The van der Waals surface area contributed by atoms with Crippen molar-refractivity contribution in [3.8, 4) is 0 Å². The highest BCUT2D eigenvalue weighted by Gasteiger charge is 2.45. The number of para-hydroxylation sites is 4. The van der Waals surface area contributed by atoms with Gasteiger partial charge in [-0.15, -0.1) is 0 Å². The molecule has 0 atom stereocenters. The third-order valence-electron chi connectivity index (χ3n) is 14.0. The van der Waals surface area contributed by atoms with Crippen LogP contribution in [0.3, 0.4) is 0 Å². The molecule has 0 spiro atoms. The van der Waals surface area contributed by atoms with Crippen LogP contribution >= 0.6 is 0 Å². The van der Waals surface area contributed by atoms with Crippen molar-refractivity contribution in [3.05, 3.63) is 177 Å². The van der Waals surface area contributed by atoms with Crippen molar-refractivity contribution in [1.29, 1.82) is 0 Å². The fourth-order valence-corrected chi connectivity index (χ4v) is 9.61.